The highest BCUT2D eigenvalue weighted by Gasteiger charge is 2.45. The molecule has 1 saturated carbocycles. The standard InChI is InChI=1S/C21H41NO3/c1-15-8-18(12-19(2,3)9-15)25-14-17(24)13-22-20(4,5)10-16(23)11-21(22,6)7/h15-18,23-24H,8-14H2,1-7H3/t15-,17-,18+/m1/s1. The van der Waals surface area contributed by atoms with Crippen LogP contribution in [0.3, 0.4) is 0 Å². The number of aliphatic hydroxyl groups is 2. The molecule has 4 nitrogen and oxygen atoms in total. The summed E-state index contributed by atoms with van der Waals surface area (Å²) in [6.07, 6.45) is 4.44. The summed E-state index contributed by atoms with van der Waals surface area (Å²) < 4.78 is 6.12. The van der Waals surface area contributed by atoms with Crippen molar-refractivity contribution in [1.29, 1.82) is 0 Å². The van der Waals surface area contributed by atoms with Crippen LogP contribution in [-0.4, -0.2) is 57.7 Å². The predicted molar refractivity (Wildman–Crippen MR) is 103 cm³/mol. The van der Waals surface area contributed by atoms with Crippen molar-refractivity contribution < 1.29 is 14.9 Å². The van der Waals surface area contributed by atoms with Crippen LogP contribution in [0.5, 0.6) is 0 Å². The molecule has 3 atom stereocenters. The molecular formula is C21H41NO3. The molecule has 0 aromatic rings. The van der Waals surface area contributed by atoms with Gasteiger partial charge in [-0.15, -0.1) is 0 Å². The van der Waals surface area contributed by atoms with Crippen molar-refractivity contribution in [2.45, 2.75) is 110 Å². The van der Waals surface area contributed by atoms with E-state index in [2.05, 4.69) is 53.4 Å². The molecule has 4 heteroatoms. The van der Waals surface area contributed by atoms with Gasteiger partial charge in [-0.2, -0.15) is 0 Å². The van der Waals surface area contributed by atoms with E-state index in [-0.39, 0.29) is 23.3 Å². The van der Waals surface area contributed by atoms with E-state index in [1.807, 2.05) is 0 Å². The number of β-amino-alcohol motifs (C(OH)–C–C–N with tert-alkyl or cyclic N) is 1. The molecule has 2 rings (SSSR count). The monoisotopic (exact) mass is 355 g/mol. The minimum absolute atomic E-state index is 0.122. The SMILES string of the molecule is C[C@@H]1C[C@H](OC[C@H](O)CN2C(C)(C)CC(O)CC2(C)C)CC(C)(C)C1. The van der Waals surface area contributed by atoms with E-state index in [0.717, 1.165) is 25.7 Å². The Morgan fingerprint density at radius 1 is 1.00 bits per heavy atom. The lowest BCUT2D eigenvalue weighted by Crippen LogP contribution is -2.63. The zero-order chi connectivity index (χ0) is 19.0. The van der Waals surface area contributed by atoms with Gasteiger partial charge in [0.05, 0.1) is 24.9 Å². The minimum Gasteiger partial charge on any atom is -0.393 e. The highest BCUT2D eigenvalue weighted by Crippen LogP contribution is 2.40. The molecule has 0 amide bonds. The summed E-state index contributed by atoms with van der Waals surface area (Å²) in [7, 11) is 0. The minimum atomic E-state index is -0.492. The number of rotatable bonds is 5. The molecule has 0 unspecified atom stereocenters. The smallest absolute Gasteiger partial charge is 0.0900 e. The van der Waals surface area contributed by atoms with Crippen molar-refractivity contribution in [3.8, 4) is 0 Å². The first-order valence-corrected chi connectivity index (χ1v) is 10.1. The number of hydrogen-bond acceptors (Lipinski definition) is 4. The maximum atomic E-state index is 10.6. The number of hydrogen-bond donors (Lipinski definition) is 2. The van der Waals surface area contributed by atoms with Gasteiger partial charge in [-0.1, -0.05) is 20.8 Å². The average Bonchev–Trinajstić information content (AvgIpc) is 2.37. The van der Waals surface area contributed by atoms with Crippen molar-refractivity contribution in [3.63, 3.8) is 0 Å². The van der Waals surface area contributed by atoms with Gasteiger partial charge in [0.15, 0.2) is 0 Å². The molecule has 0 bridgehead atoms. The van der Waals surface area contributed by atoms with Gasteiger partial charge in [-0.05, 0) is 71.1 Å². The highest BCUT2D eigenvalue weighted by atomic mass is 16.5. The molecule has 1 saturated heterocycles. The Morgan fingerprint density at radius 3 is 2.08 bits per heavy atom. The van der Waals surface area contributed by atoms with Gasteiger partial charge in [0.2, 0.25) is 0 Å². The summed E-state index contributed by atoms with van der Waals surface area (Å²) in [6.45, 7) is 16.6. The molecule has 1 aliphatic heterocycles. The van der Waals surface area contributed by atoms with E-state index in [1.54, 1.807) is 0 Å². The first-order valence-electron chi connectivity index (χ1n) is 10.1. The first-order chi connectivity index (χ1) is 11.3. The Balaban J connectivity index is 1.90. The molecule has 2 aliphatic rings. The van der Waals surface area contributed by atoms with Gasteiger partial charge in [-0.3, -0.25) is 4.90 Å². The molecule has 0 aromatic carbocycles. The van der Waals surface area contributed by atoms with E-state index >= 15 is 0 Å². The van der Waals surface area contributed by atoms with E-state index in [1.165, 1.54) is 6.42 Å². The number of ether oxygens (including phenoxy) is 1. The predicted octanol–water partition coefficient (Wildman–Crippen LogP) is 3.59. The second-order valence-electron chi connectivity index (χ2n) is 10.8. The summed E-state index contributed by atoms with van der Waals surface area (Å²) in [4.78, 5) is 2.36. The lowest BCUT2D eigenvalue weighted by molar-refractivity contribution is -0.114. The van der Waals surface area contributed by atoms with Gasteiger partial charge >= 0.3 is 0 Å². The van der Waals surface area contributed by atoms with Crippen LogP contribution in [0.15, 0.2) is 0 Å². The first kappa shape index (κ1) is 21.1. The van der Waals surface area contributed by atoms with Crippen LogP contribution in [0.1, 0.15) is 80.6 Å². The molecule has 1 aliphatic carbocycles. The van der Waals surface area contributed by atoms with Crippen LogP contribution in [-0.2, 0) is 4.74 Å². The molecule has 2 fully saturated rings. The average molecular weight is 356 g/mol. The summed E-state index contributed by atoms with van der Waals surface area (Å²) >= 11 is 0. The Bertz CT molecular complexity index is 428. The second kappa shape index (κ2) is 7.46. The van der Waals surface area contributed by atoms with Crippen molar-refractivity contribution in [1.82, 2.24) is 4.90 Å². The third-order valence-electron chi connectivity index (χ3n) is 6.20. The quantitative estimate of drug-likeness (QED) is 0.791. The summed E-state index contributed by atoms with van der Waals surface area (Å²) in [5.41, 5.74) is 0.0905. The van der Waals surface area contributed by atoms with Crippen LogP contribution in [0, 0.1) is 11.3 Å². The van der Waals surface area contributed by atoms with Gasteiger partial charge in [0.1, 0.15) is 0 Å². The van der Waals surface area contributed by atoms with Gasteiger partial charge in [0, 0.05) is 17.6 Å². The van der Waals surface area contributed by atoms with E-state index in [9.17, 15) is 10.2 Å². The van der Waals surface area contributed by atoms with E-state index in [4.69, 9.17) is 4.74 Å². The third kappa shape index (κ3) is 5.66. The molecule has 25 heavy (non-hydrogen) atoms. The largest absolute Gasteiger partial charge is 0.393 e. The fourth-order valence-electron chi connectivity index (χ4n) is 5.66. The molecular weight excluding hydrogens is 314 g/mol. The van der Waals surface area contributed by atoms with Gasteiger partial charge < -0.3 is 14.9 Å². The Morgan fingerprint density at radius 2 is 1.56 bits per heavy atom. The van der Waals surface area contributed by atoms with Crippen LogP contribution in [0.2, 0.25) is 0 Å². The lowest BCUT2D eigenvalue weighted by Gasteiger charge is -2.55. The van der Waals surface area contributed by atoms with E-state index < -0.39 is 6.10 Å². The molecule has 0 spiro atoms. The normalized spacial score (nSPS) is 34.0. The number of likely N-dealkylation sites (tertiary alicyclic amines) is 1. The maximum Gasteiger partial charge on any atom is 0.0900 e. The Hall–Kier alpha value is -0.160. The molecule has 1 heterocycles. The molecule has 0 radical (unpaired) electrons. The van der Waals surface area contributed by atoms with E-state index in [0.29, 0.717) is 24.5 Å². The second-order valence-corrected chi connectivity index (χ2v) is 10.8. The maximum absolute atomic E-state index is 10.6. The molecule has 0 aromatic heterocycles. The molecule has 148 valence electrons. The topological polar surface area (TPSA) is 52.9 Å². The summed E-state index contributed by atoms with van der Waals surface area (Å²) in [5, 5.41) is 20.8. The Kier molecular flexibility index (Phi) is 6.31. The third-order valence-corrected chi connectivity index (χ3v) is 6.20. The van der Waals surface area contributed by atoms with Crippen LogP contribution >= 0.6 is 0 Å². The van der Waals surface area contributed by atoms with Crippen molar-refractivity contribution in [2.75, 3.05) is 13.2 Å². The molecule has 2 N–H and O–H groups in total. The fraction of sp³-hybridized carbons (Fsp3) is 1.00. The Labute approximate surface area is 154 Å². The van der Waals surface area contributed by atoms with Crippen LogP contribution < -0.4 is 0 Å². The van der Waals surface area contributed by atoms with Crippen LogP contribution in [0.25, 0.3) is 0 Å². The number of piperidine rings is 1. The number of nitrogens with zero attached hydrogens (tertiary/aromatic N) is 1. The summed E-state index contributed by atoms with van der Waals surface area (Å²) in [5.74, 6) is 0.687. The zero-order valence-electron chi connectivity index (χ0n) is 17.5. The summed E-state index contributed by atoms with van der Waals surface area (Å²) in [6, 6.07) is 0. The van der Waals surface area contributed by atoms with Crippen molar-refractivity contribution in [2.24, 2.45) is 11.3 Å². The fourth-order valence-corrected chi connectivity index (χ4v) is 5.66. The zero-order valence-corrected chi connectivity index (χ0v) is 17.5. The van der Waals surface area contributed by atoms with Crippen molar-refractivity contribution >= 4 is 0 Å². The van der Waals surface area contributed by atoms with Crippen LogP contribution in [0.4, 0.5) is 0 Å². The van der Waals surface area contributed by atoms with Crippen molar-refractivity contribution in [3.05, 3.63) is 0 Å². The van der Waals surface area contributed by atoms with Gasteiger partial charge in [-0.25, -0.2) is 0 Å². The lowest BCUT2D eigenvalue weighted by atomic mass is 9.71. The number of aliphatic hydroxyl groups excluding tert-OH is 2. The highest BCUT2D eigenvalue weighted by molar-refractivity contribution is 5.00. The van der Waals surface area contributed by atoms with Gasteiger partial charge in [0.25, 0.3) is 0 Å².